The molecule has 2 heteroatoms. The Labute approximate surface area is 75.7 Å². The minimum Gasteiger partial charge on any atom is -0.311 e. The van der Waals surface area contributed by atoms with Gasteiger partial charge in [-0.05, 0) is 19.9 Å². The Balaban J connectivity index is 4.35. The van der Waals surface area contributed by atoms with Crippen LogP contribution in [0.5, 0.6) is 0 Å². The number of carbonyl (C=O) groups is 1. The lowest BCUT2D eigenvalue weighted by molar-refractivity contribution is -0.129. The second-order valence-corrected chi connectivity index (χ2v) is 3.85. The van der Waals surface area contributed by atoms with E-state index in [0.29, 0.717) is 5.78 Å². The summed E-state index contributed by atoms with van der Waals surface area (Å²) in [7, 11) is 1.85. The maximum absolute atomic E-state index is 11.8. The van der Waals surface area contributed by atoms with Crippen LogP contribution in [0, 0.1) is 5.41 Å². The van der Waals surface area contributed by atoms with Crippen molar-refractivity contribution in [3.8, 4) is 0 Å². The fourth-order valence-electron chi connectivity index (χ4n) is 1.17. The molecule has 1 unspecified atom stereocenters. The third kappa shape index (κ3) is 2.59. The average Bonchev–Trinajstić information content (AvgIpc) is 2.06. The molecule has 0 aliphatic carbocycles. The van der Waals surface area contributed by atoms with Gasteiger partial charge in [-0.2, -0.15) is 0 Å². The Morgan fingerprint density at radius 1 is 1.42 bits per heavy atom. The molecule has 0 bridgehead atoms. The first kappa shape index (κ1) is 11.6. The van der Waals surface area contributed by atoms with E-state index in [-0.39, 0.29) is 11.5 Å². The van der Waals surface area contributed by atoms with E-state index in [1.54, 1.807) is 0 Å². The summed E-state index contributed by atoms with van der Waals surface area (Å²) < 4.78 is 0. The summed E-state index contributed by atoms with van der Waals surface area (Å²) in [6.45, 7) is 8.11. The number of nitrogens with one attached hydrogen (secondary N) is 1. The highest BCUT2D eigenvalue weighted by atomic mass is 16.1. The van der Waals surface area contributed by atoms with Crippen molar-refractivity contribution in [3.05, 3.63) is 0 Å². The molecule has 0 aliphatic rings. The second kappa shape index (κ2) is 4.61. The first-order valence-corrected chi connectivity index (χ1v) is 4.71. The van der Waals surface area contributed by atoms with Gasteiger partial charge in [-0.1, -0.05) is 27.7 Å². The van der Waals surface area contributed by atoms with Crippen LogP contribution in [0.1, 0.15) is 40.5 Å². The summed E-state index contributed by atoms with van der Waals surface area (Å²) >= 11 is 0. The monoisotopic (exact) mass is 171 g/mol. The summed E-state index contributed by atoms with van der Waals surface area (Å²) in [4.78, 5) is 11.8. The molecule has 0 fully saturated rings. The van der Waals surface area contributed by atoms with Crippen molar-refractivity contribution in [1.29, 1.82) is 0 Å². The molecule has 0 radical (unpaired) electrons. The number of likely N-dealkylation sites (N-methyl/N-ethyl adjacent to an activating group) is 1. The highest BCUT2D eigenvalue weighted by Gasteiger charge is 2.29. The van der Waals surface area contributed by atoms with Crippen LogP contribution in [0.2, 0.25) is 0 Å². The quantitative estimate of drug-likeness (QED) is 0.685. The molecule has 1 N–H and O–H groups in total. The molecule has 2 nitrogen and oxygen atoms in total. The molecule has 0 aliphatic heterocycles. The van der Waals surface area contributed by atoms with Gasteiger partial charge in [0.25, 0.3) is 0 Å². The zero-order valence-electron chi connectivity index (χ0n) is 8.90. The van der Waals surface area contributed by atoms with Crippen LogP contribution in [0.4, 0.5) is 0 Å². The largest absolute Gasteiger partial charge is 0.311 e. The Kier molecular flexibility index (Phi) is 4.46. The molecule has 0 aromatic carbocycles. The predicted molar refractivity (Wildman–Crippen MR) is 52.2 cm³/mol. The highest BCUT2D eigenvalue weighted by molar-refractivity contribution is 5.88. The molecule has 0 spiro atoms. The van der Waals surface area contributed by atoms with E-state index < -0.39 is 0 Å². The van der Waals surface area contributed by atoms with Gasteiger partial charge in [0.2, 0.25) is 0 Å². The van der Waals surface area contributed by atoms with Crippen LogP contribution in [-0.2, 0) is 4.79 Å². The molecular weight excluding hydrogens is 150 g/mol. The molecule has 0 aromatic rings. The molecule has 12 heavy (non-hydrogen) atoms. The number of hydrogen-bond donors (Lipinski definition) is 1. The van der Waals surface area contributed by atoms with Gasteiger partial charge in [-0.15, -0.1) is 0 Å². The third-order valence-corrected chi connectivity index (χ3v) is 2.62. The van der Waals surface area contributed by atoms with Gasteiger partial charge < -0.3 is 5.32 Å². The molecule has 0 aromatic heterocycles. The second-order valence-electron chi connectivity index (χ2n) is 3.85. The Morgan fingerprint density at radius 2 is 1.92 bits per heavy atom. The summed E-state index contributed by atoms with van der Waals surface area (Å²) in [6, 6.07) is 0.0277. The number of carbonyl (C=O) groups excluding carboxylic acids is 1. The van der Waals surface area contributed by atoms with E-state index in [9.17, 15) is 4.79 Å². The van der Waals surface area contributed by atoms with Crippen molar-refractivity contribution >= 4 is 5.78 Å². The standard InChI is InChI=1S/C10H21NO/c1-6-8(11-5)9(12)10(3,4)7-2/h8,11H,6-7H2,1-5H3. The smallest absolute Gasteiger partial charge is 0.155 e. The Bertz CT molecular complexity index is 148. The maximum atomic E-state index is 11.8. The van der Waals surface area contributed by atoms with Crippen LogP contribution < -0.4 is 5.32 Å². The number of rotatable bonds is 5. The van der Waals surface area contributed by atoms with Crippen molar-refractivity contribution in [3.63, 3.8) is 0 Å². The molecule has 1 atom stereocenters. The summed E-state index contributed by atoms with van der Waals surface area (Å²) in [5.74, 6) is 0.329. The fourth-order valence-corrected chi connectivity index (χ4v) is 1.17. The van der Waals surface area contributed by atoms with Crippen molar-refractivity contribution in [2.45, 2.75) is 46.6 Å². The maximum Gasteiger partial charge on any atom is 0.155 e. The van der Waals surface area contributed by atoms with E-state index in [4.69, 9.17) is 0 Å². The van der Waals surface area contributed by atoms with Gasteiger partial charge in [0.1, 0.15) is 0 Å². The van der Waals surface area contributed by atoms with E-state index in [1.165, 1.54) is 0 Å². The average molecular weight is 171 g/mol. The van der Waals surface area contributed by atoms with Gasteiger partial charge >= 0.3 is 0 Å². The van der Waals surface area contributed by atoms with Crippen LogP contribution in [0.15, 0.2) is 0 Å². The first-order valence-electron chi connectivity index (χ1n) is 4.71. The van der Waals surface area contributed by atoms with Crippen LogP contribution in [0.3, 0.4) is 0 Å². The Morgan fingerprint density at radius 3 is 2.17 bits per heavy atom. The molecule has 0 rings (SSSR count). The van der Waals surface area contributed by atoms with E-state index in [0.717, 1.165) is 12.8 Å². The lowest BCUT2D eigenvalue weighted by atomic mass is 9.81. The SMILES string of the molecule is CCC(NC)C(=O)C(C)(C)CC. The van der Waals surface area contributed by atoms with Crippen molar-refractivity contribution in [2.75, 3.05) is 7.05 Å². The van der Waals surface area contributed by atoms with E-state index in [2.05, 4.69) is 12.2 Å². The van der Waals surface area contributed by atoms with Crippen LogP contribution in [-0.4, -0.2) is 18.9 Å². The zero-order chi connectivity index (χ0) is 9.78. The lowest BCUT2D eigenvalue weighted by Gasteiger charge is -2.26. The minimum absolute atomic E-state index is 0.0277. The Hall–Kier alpha value is -0.370. The molecule has 0 heterocycles. The first-order chi connectivity index (χ1) is 5.49. The highest BCUT2D eigenvalue weighted by Crippen LogP contribution is 2.23. The summed E-state index contributed by atoms with van der Waals surface area (Å²) in [5.41, 5.74) is -0.177. The predicted octanol–water partition coefficient (Wildman–Crippen LogP) is 1.99. The number of Topliss-reactive ketones (excluding diaryl/α,β-unsaturated/α-hetero) is 1. The molecule has 0 amide bonds. The molecular formula is C10H21NO. The topological polar surface area (TPSA) is 29.1 Å². The number of hydrogen-bond acceptors (Lipinski definition) is 2. The van der Waals surface area contributed by atoms with Gasteiger partial charge in [-0.3, -0.25) is 4.79 Å². The molecule has 0 saturated carbocycles. The molecule has 0 saturated heterocycles. The van der Waals surface area contributed by atoms with Gasteiger partial charge in [0.05, 0.1) is 6.04 Å². The molecule has 72 valence electrons. The normalized spacial score (nSPS) is 14.4. The number of ketones is 1. The zero-order valence-corrected chi connectivity index (χ0v) is 8.90. The summed E-state index contributed by atoms with van der Waals surface area (Å²) in [5, 5.41) is 3.04. The fraction of sp³-hybridized carbons (Fsp3) is 0.900. The van der Waals surface area contributed by atoms with Crippen molar-refractivity contribution in [2.24, 2.45) is 5.41 Å². The van der Waals surface area contributed by atoms with Gasteiger partial charge in [-0.25, -0.2) is 0 Å². The van der Waals surface area contributed by atoms with Crippen molar-refractivity contribution < 1.29 is 4.79 Å². The lowest BCUT2D eigenvalue weighted by Crippen LogP contribution is -2.41. The van der Waals surface area contributed by atoms with Gasteiger partial charge in [0, 0.05) is 5.41 Å². The van der Waals surface area contributed by atoms with E-state index in [1.807, 2.05) is 27.8 Å². The van der Waals surface area contributed by atoms with Crippen molar-refractivity contribution in [1.82, 2.24) is 5.32 Å². The minimum atomic E-state index is -0.177. The third-order valence-electron chi connectivity index (χ3n) is 2.62. The van der Waals surface area contributed by atoms with Crippen LogP contribution >= 0.6 is 0 Å². The van der Waals surface area contributed by atoms with Gasteiger partial charge in [0.15, 0.2) is 5.78 Å². The van der Waals surface area contributed by atoms with Crippen LogP contribution in [0.25, 0.3) is 0 Å². The van der Waals surface area contributed by atoms with E-state index >= 15 is 0 Å². The summed E-state index contributed by atoms with van der Waals surface area (Å²) in [6.07, 6.45) is 1.78.